The summed E-state index contributed by atoms with van der Waals surface area (Å²) in [4.78, 5) is 4.69. The average molecular weight is 264 g/mol. The molecule has 0 aliphatic carbocycles. The van der Waals surface area contributed by atoms with Crippen LogP contribution in [0.2, 0.25) is 0 Å². The molecule has 0 aliphatic rings. The Hall–Kier alpha value is -1.26. The zero-order valence-corrected chi connectivity index (χ0v) is 11.8. The van der Waals surface area contributed by atoms with Gasteiger partial charge >= 0.3 is 0 Å². The molecule has 18 heavy (non-hydrogen) atoms. The molecule has 1 aromatic carbocycles. The van der Waals surface area contributed by atoms with Gasteiger partial charge < -0.3 is 10.5 Å². The summed E-state index contributed by atoms with van der Waals surface area (Å²) < 4.78 is 5.57. The highest BCUT2D eigenvalue weighted by Crippen LogP contribution is 2.28. The zero-order chi connectivity index (χ0) is 13.0. The fourth-order valence-electron chi connectivity index (χ4n) is 1.92. The van der Waals surface area contributed by atoms with Gasteiger partial charge in [0, 0.05) is 29.7 Å². The Kier molecular flexibility index (Phi) is 4.44. The van der Waals surface area contributed by atoms with Crippen LogP contribution in [0.25, 0.3) is 10.9 Å². The predicted molar refractivity (Wildman–Crippen MR) is 74.9 cm³/mol. The van der Waals surface area contributed by atoms with Gasteiger partial charge in [0.2, 0.25) is 5.52 Å². The standard InChI is InChI=1S/C14H18N2OS/c1-3-17-11-4-5-13-12(9-11)14(18-7-6-15)8-10(2)16-13/h4-5,8-9H,3,6-7,15H2,1-2H3/p+2. The van der Waals surface area contributed by atoms with Crippen LogP contribution >= 0.6 is 11.8 Å². The minimum atomic E-state index is 0.697. The smallest absolute Gasteiger partial charge is 0.212 e. The van der Waals surface area contributed by atoms with Crippen molar-refractivity contribution in [2.75, 3.05) is 18.9 Å². The molecule has 4 N–H and O–H groups in total. The number of aromatic nitrogens is 1. The summed E-state index contributed by atoms with van der Waals surface area (Å²) in [6.45, 7) is 5.73. The minimum absolute atomic E-state index is 0.697. The normalized spacial score (nSPS) is 10.8. The highest BCUT2D eigenvalue weighted by atomic mass is 32.2. The van der Waals surface area contributed by atoms with Gasteiger partial charge in [-0.3, -0.25) is 0 Å². The van der Waals surface area contributed by atoms with Crippen molar-refractivity contribution < 1.29 is 15.5 Å². The van der Waals surface area contributed by atoms with Gasteiger partial charge in [0.15, 0.2) is 5.69 Å². The van der Waals surface area contributed by atoms with Crippen LogP contribution in [-0.2, 0) is 0 Å². The molecular weight excluding hydrogens is 244 g/mol. The molecule has 0 amide bonds. The molecule has 0 fully saturated rings. The van der Waals surface area contributed by atoms with Gasteiger partial charge in [-0.25, -0.2) is 4.98 Å². The number of nitrogens with one attached hydrogen (secondary N) is 1. The van der Waals surface area contributed by atoms with E-state index >= 15 is 0 Å². The monoisotopic (exact) mass is 264 g/mol. The van der Waals surface area contributed by atoms with E-state index in [0.29, 0.717) is 6.61 Å². The number of hydrogen-bond acceptors (Lipinski definition) is 2. The fraction of sp³-hybridized carbons (Fsp3) is 0.357. The van der Waals surface area contributed by atoms with E-state index in [9.17, 15) is 0 Å². The lowest BCUT2D eigenvalue weighted by molar-refractivity contribution is -0.360. The highest BCUT2D eigenvalue weighted by molar-refractivity contribution is 7.99. The predicted octanol–water partition coefficient (Wildman–Crippen LogP) is 1.70. The molecule has 2 aromatic rings. The second kappa shape index (κ2) is 6.07. The van der Waals surface area contributed by atoms with Crippen LogP contribution in [0.1, 0.15) is 12.6 Å². The molecule has 1 aromatic heterocycles. The SMILES string of the molecule is CCOc1ccc2[nH+]c(C)cc(SCC[NH3+])c2c1. The lowest BCUT2D eigenvalue weighted by Gasteiger charge is -2.06. The second-order valence-electron chi connectivity index (χ2n) is 4.16. The van der Waals surface area contributed by atoms with Crippen molar-refractivity contribution in [2.45, 2.75) is 18.7 Å². The summed E-state index contributed by atoms with van der Waals surface area (Å²) in [6, 6.07) is 8.40. The molecular formula is C14H20N2OS+2. The first-order valence-corrected chi connectivity index (χ1v) is 7.24. The van der Waals surface area contributed by atoms with Crippen molar-refractivity contribution >= 4 is 22.7 Å². The van der Waals surface area contributed by atoms with E-state index in [1.54, 1.807) is 0 Å². The third-order valence-corrected chi connectivity index (χ3v) is 3.79. The van der Waals surface area contributed by atoms with Gasteiger partial charge in [-0.15, -0.1) is 11.8 Å². The number of ether oxygens (including phenoxy) is 1. The molecule has 1 heterocycles. The molecule has 3 nitrogen and oxygen atoms in total. The number of rotatable bonds is 5. The Morgan fingerprint density at radius 1 is 1.33 bits per heavy atom. The van der Waals surface area contributed by atoms with Crippen molar-refractivity contribution in [3.8, 4) is 5.75 Å². The number of aromatic amines is 1. The first kappa shape index (κ1) is 13.2. The van der Waals surface area contributed by atoms with Gasteiger partial charge in [0.05, 0.1) is 18.5 Å². The number of benzene rings is 1. The molecule has 4 heteroatoms. The van der Waals surface area contributed by atoms with Gasteiger partial charge in [-0.05, 0) is 19.1 Å². The van der Waals surface area contributed by atoms with Crippen LogP contribution in [0.4, 0.5) is 0 Å². The number of aryl methyl sites for hydroxylation is 1. The van der Waals surface area contributed by atoms with Crippen LogP contribution < -0.4 is 15.5 Å². The zero-order valence-electron chi connectivity index (χ0n) is 11.0. The average Bonchev–Trinajstić information content (AvgIpc) is 2.36. The molecule has 2 rings (SSSR count). The lowest BCUT2D eigenvalue weighted by atomic mass is 10.2. The van der Waals surface area contributed by atoms with Crippen molar-refractivity contribution in [3.63, 3.8) is 0 Å². The quantitative estimate of drug-likeness (QED) is 0.836. The topological polar surface area (TPSA) is 51.0 Å². The summed E-state index contributed by atoms with van der Waals surface area (Å²) in [5.74, 6) is 1.97. The van der Waals surface area contributed by atoms with Gasteiger partial charge in [-0.2, -0.15) is 0 Å². The Morgan fingerprint density at radius 3 is 2.89 bits per heavy atom. The van der Waals surface area contributed by atoms with Gasteiger partial charge in [-0.1, -0.05) is 0 Å². The van der Waals surface area contributed by atoms with Crippen molar-refractivity contribution in [1.29, 1.82) is 0 Å². The highest BCUT2D eigenvalue weighted by Gasteiger charge is 2.10. The lowest BCUT2D eigenvalue weighted by Crippen LogP contribution is -2.51. The van der Waals surface area contributed by atoms with Gasteiger partial charge in [0.25, 0.3) is 0 Å². The summed E-state index contributed by atoms with van der Waals surface area (Å²) in [6.07, 6.45) is 0. The number of hydrogen-bond donors (Lipinski definition) is 1. The molecule has 0 bridgehead atoms. The molecule has 0 saturated carbocycles. The number of thioether (sulfide) groups is 1. The Morgan fingerprint density at radius 2 is 2.17 bits per heavy atom. The number of H-pyrrole nitrogens is 1. The molecule has 0 aliphatic heterocycles. The maximum absolute atomic E-state index is 5.57. The fourth-order valence-corrected chi connectivity index (χ4v) is 2.87. The van der Waals surface area contributed by atoms with Crippen LogP contribution in [0.5, 0.6) is 5.75 Å². The van der Waals surface area contributed by atoms with E-state index in [2.05, 4.69) is 35.8 Å². The van der Waals surface area contributed by atoms with Crippen LogP contribution in [0.3, 0.4) is 0 Å². The molecule has 0 saturated heterocycles. The molecule has 0 radical (unpaired) electrons. The third kappa shape index (κ3) is 2.94. The van der Waals surface area contributed by atoms with E-state index < -0.39 is 0 Å². The molecule has 0 spiro atoms. The van der Waals surface area contributed by atoms with E-state index in [0.717, 1.165) is 23.6 Å². The largest absolute Gasteiger partial charge is 0.494 e. The summed E-state index contributed by atoms with van der Waals surface area (Å²) in [5.41, 5.74) is 6.23. The second-order valence-corrected chi connectivity index (χ2v) is 5.30. The minimum Gasteiger partial charge on any atom is -0.494 e. The Balaban J connectivity index is 2.47. The van der Waals surface area contributed by atoms with E-state index in [1.165, 1.54) is 16.0 Å². The van der Waals surface area contributed by atoms with Crippen molar-refractivity contribution in [3.05, 3.63) is 30.0 Å². The Labute approximate surface area is 112 Å². The third-order valence-electron chi connectivity index (χ3n) is 2.65. The van der Waals surface area contributed by atoms with Crippen LogP contribution in [-0.4, -0.2) is 18.9 Å². The van der Waals surface area contributed by atoms with Crippen molar-refractivity contribution in [2.24, 2.45) is 0 Å². The van der Waals surface area contributed by atoms with Crippen LogP contribution in [0, 0.1) is 6.92 Å². The van der Waals surface area contributed by atoms with E-state index in [4.69, 9.17) is 4.74 Å². The first-order chi connectivity index (χ1) is 8.74. The number of fused-ring (bicyclic) bond motifs is 1. The van der Waals surface area contributed by atoms with Crippen LogP contribution in [0.15, 0.2) is 29.2 Å². The van der Waals surface area contributed by atoms with E-state index in [1.807, 2.05) is 24.8 Å². The maximum atomic E-state index is 5.57. The maximum Gasteiger partial charge on any atom is 0.212 e. The van der Waals surface area contributed by atoms with E-state index in [-0.39, 0.29) is 0 Å². The number of quaternary nitrogens is 1. The molecule has 0 unspecified atom stereocenters. The van der Waals surface area contributed by atoms with Crippen molar-refractivity contribution in [1.82, 2.24) is 0 Å². The van der Waals surface area contributed by atoms with Gasteiger partial charge in [0.1, 0.15) is 5.75 Å². The Bertz CT molecular complexity index is 543. The molecule has 96 valence electrons. The first-order valence-electron chi connectivity index (χ1n) is 6.26. The number of pyridine rings is 1. The summed E-state index contributed by atoms with van der Waals surface area (Å²) >= 11 is 1.85. The summed E-state index contributed by atoms with van der Waals surface area (Å²) in [7, 11) is 0. The molecule has 0 atom stereocenters. The summed E-state index contributed by atoms with van der Waals surface area (Å²) in [5, 5.41) is 1.23.